The van der Waals surface area contributed by atoms with Gasteiger partial charge in [-0.05, 0) is 23.6 Å². The predicted octanol–water partition coefficient (Wildman–Crippen LogP) is 4.12. The predicted molar refractivity (Wildman–Crippen MR) is 91.6 cm³/mol. The van der Waals surface area contributed by atoms with Crippen LogP contribution in [0.2, 0.25) is 0 Å². The molecule has 26 heavy (non-hydrogen) atoms. The Morgan fingerprint density at radius 1 is 0.962 bits per heavy atom. The molecule has 6 nitrogen and oxygen atoms in total. The topological polar surface area (TPSA) is 84.0 Å². The first-order chi connectivity index (χ1) is 12.3. The average molecular weight is 398 g/mol. The van der Waals surface area contributed by atoms with E-state index in [2.05, 4.69) is 20.8 Å². The van der Waals surface area contributed by atoms with Crippen molar-refractivity contribution in [2.24, 2.45) is 0 Å². The van der Waals surface area contributed by atoms with E-state index >= 15 is 0 Å². The van der Waals surface area contributed by atoms with Gasteiger partial charge in [0.25, 0.3) is 11.8 Å². The van der Waals surface area contributed by atoms with Gasteiger partial charge in [-0.2, -0.15) is 13.2 Å². The summed E-state index contributed by atoms with van der Waals surface area (Å²) in [5.74, 6) is -1.10. The number of hydrogen-bond acceptors (Lipinski definition) is 6. The fraction of sp³-hybridized carbons (Fsp3) is 0.0667. The third-order valence-electron chi connectivity index (χ3n) is 3.05. The van der Waals surface area contributed by atoms with Crippen molar-refractivity contribution < 1.29 is 22.8 Å². The second-order valence-corrected chi connectivity index (χ2v) is 6.77. The first kappa shape index (κ1) is 18.0. The number of halogens is 3. The van der Waals surface area contributed by atoms with Crippen LogP contribution in [0.15, 0.2) is 41.8 Å². The van der Waals surface area contributed by atoms with E-state index in [9.17, 15) is 22.8 Å². The molecule has 11 heteroatoms. The van der Waals surface area contributed by atoms with Crippen LogP contribution in [-0.4, -0.2) is 22.0 Å². The summed E-state index contributed by atoms with van der Waals surface area (Å²) in [4.78, 5) is 25.0. The Hall–Kier alpha value is -2.79. The molecule has 0 aliphatic carbocycles. The van der Waals surface area contributed by atoms with E-state index in [4.69, 9.17) is 0 Å². The molecule has 1 aromatic carbocycles. The molecule has 2 aromatic heterocycles. The van der Waals surface area contributed by atoms with Crippen molar-refractivity contribution in [3.8, 4) is 0 Å². The minimum absolute atomic E-state index is 0.0844. The number of anilines is 2. The lowest BCUT2D eigenvalue weighted by atomic mass is 10.1. The van der Waals surface area contributed by atoms with Gasteiger partial charge in [-0.3, -0.25) is 14.9 Å². The van der Waals surface area contributed by atoms with Crippen LogP contribution >= 0.6 is 22.7 Å². The van der Waals surface area contributed by atoms with Crippen molar-refractivity contribution in [2.45, 2.75) is 6.18 Å². The number of aromatic nitrogens is 2. The highest BCUT2D eigenvalue weighted by Crippen LogP contribution is 2.33. The summed E-state index contributed by atoms with van der Waals surface area (Å²) in [6.45, 7) is 0. The zero-order valence-corrected chi connectivity index (χ0v) is 14.3. The van der Waals surface area contributed by atoms with Crippen LogP contribution in [0.5, 0.6) is 0 Å². The summed E-state index contributed by atoms with van der Waals surface area (Å²) in [5, 5.41) is 11.5. The van der Waals surface area contributed by atoms with Crippen LogP contribution in [0.25, 0.3) is 0 Å². The quantitative estimate of drug-likeness (QED) is 0.692. The molecule has 0 saturated heterocycles. The van der Waals surface area contributed by atoms with Gasteiger partial charge in [0.1, 0.15) is 0 Å². The van der Waals surface area contributed by atoms with E-state index in [0.29, 0.717) is 4.88 Å². The summed E-state index contributed by atoms with van der Waals surface area (Å²) in [6, 6.07) is 9.48. The van der Waals surface area contributed by atoms with Gasteiger partial charge in [0, 0.05) is 0 Å². The second kappa shape index (κ2) is 7.22. The van der Waals surface area contributed by atoms with Gasteiger partial charge in [-0.15, -0.1) is 21.5 Å². The highest BCUT2D eigenvalue weighted by atomic mass is 32.1. The molecule has 2 amide bonds. The van der Waals surface area contributed by atoms with Gasteiger partial charge < -0.3 is 5.32 Å². The molecule has 0 fully saturated rings. The maximum Gasteiger partial charge on any atom is 0.445 e. The van der Waals surface area contributed by atoms with Crippen molar-refractivity contribution in [1.29, 1.82) is 0 Å². The minimum atomic E-state index is -4.63. The normalized spacial score (nSPS) is 11.2. The van der Waals surface area contributed by atoms with Gasteiger partial charge in [0.2, 0.25) is 10.1 Å². The lowest BCUT2D eigenvalue weighted by Gasteiger charge is -2.09. The second-order valence-electron chi connectivity index (χ2n) is 4.84. The SMILES string of the molecule is O=C(Nc1ccccc1C(=O)Nc1nnc(C(F)(F)F)s1)c1cccs1. The number of carbonyl (C=O) groups is 2. The van der Waals surface area contributed by atoms with Gasteiger partial charge in [0.05, 0.1) is 16.1 Å². The molecule has 0 radical (unpaired) electrons. The fourth-order valence-corrected chi connectivity index (χ4v) is 3.16. The number of thiophene rings is 1. The number of rotatable bonds is 4. The Morgan fingerprint density at radius 3 is 2.38 bits per heavy atom. The van der Waals surface area contributed by atoms with Crippen molar-refractivity contribution in [1.82, 2.24) is 10.2 Å². The molecule has 2 heterocycles. The third-order valence-corrected chi connectivity index (χ3v) is 4.80. The molecule has 0 atom stereocenters. The Kier molecular flexibility index (Phi) is 5.00. The van der Waals surface area contributed by atoms with Crippen LogP contribution in [0.3, 0.4) is 0 Å². The number of para-hydroxylation sites is 1. The van der Waals surface area contributed by atoms with Gasteiger partial charge in [-0.1, -0.05) is 29.5 Å². The maximum atomic E-state index is 12.6. The highest BCUT2D eigenvalue weighted by molar-refractivity contribution is 7.15. The lowest BCUT2D eigenvalue weighted by Crippen LogP contribution is -2.17. The Labute approximate surface area is 152 Å². The van der Waals surface area contributed by atoms with Crippen LogP contribution in [0.1, 0.15) is 25.0 Å². The van der Waals surface area contributed by atoms with E-state index in [1.54, 1.807) is 29.6 Å². The van der Waals surface area contributed by atoms with Crippen molar-refractivity contribution in [2.75, 3.05) is 10.6 Å². The summed E-state index contributed by atoms with van der Waals surface area (Å²) in [7, 11) is 0. The Balaban J connectivity index is 1.77. The maximum absolute atomic E-state index is 12.6. The summed E-state index contributed by atoms with van der Waals surface area (Å²) < 4.78 is 37.7. The van der Waals surface area contributed by atoms with Gasteiger partial charge in [0.15, 0.2) is 0 Å². The molecule has 134 valence electrons. The number of hydrogen-bond donors (Lipinski definition) is 2. The average Bonchev–Trinajstić information content (AvgIpc) is 3.26. The van der Waals surface area contributed by atoms with Crippen molar-refractivity contribution in [3.05, 3.63) is 57.2 Å². The molecule has 0 aliphatic heterocycles. The number of benzene rings is 1. The highest BCUT2D eigenvalue weighted by Gasteiger charge is 2.35. The zero-order valence-electron chi connectivity index (χ0n) is 12.7. The Bertz CT molecular complexity index is 939. The third kappa shape index (κ3) is 4.06. The smallest absolute Gasteiger partial charge is 0.321 e. The first-order valence-corrected chi connectivity index (χ1v) is 8.70. The van der Waals surface area contributed by atoms with E-state index in [1.807, 2.05) is 0 Å². The number of carbonyl (C=O) groups excluding carboxylic acids is 2. The van der Waals surface area contributed by atoms with Gasteiger partial charge >= 0.3 is 6.18 Å². The van der Waals surface area contributed by atoms with Crippen molar-refractivity contribution >= 4 is 45.3 Å². The molecular weight excluding hydrogens is 389 g/mol. The number of amides is 2. The lowest BCUT2D eigenvalue weighted by molar-refractivity contribution is -0.138. The van der Waals surface area contributed by atoms with Crippen molar-refractivity contribution in [3.63, 3.8) is 0 Å². The largest absolute Gasteiger partial charge is 0.445 e. The number of nitrogens with zero attached hydrogens (tertiary/aromatic N) is 2. The first-order valence-electron chi connectivity index (χ1n) is 7.00. The molecule has 3 rings (SSSR count). The molecule has 0 bridgehead atoms. The van der Waals surface area contributed by atoms with Crippen LogP contribution in [0.4, 0.5) is 24.0 Å². The van der Waals surface area contributed by atoms with Gasteiger partial charge in [-0.25, -0.2) is 0 Å². The molecule has 0 spiro atoms. The van der Waals surface area contributed by atoms with E-state index in [0.717, 1.165) is 0 Å². The fourth-order valence-electron chi connectivity index (χ4n) is 1.93. The van der Waals surface area contributed by atoms with Crippen LogP contribution < -0.4 is 10.6 Å². The number of nitrogens with one attached hydrogen (secondary N) is 2. The standard InChI is InChI=1S/C15H9F3N4O2S2/c16-15(17,18)13-21-22-14(26-13)20-11(23)8-4-1-2-5-9(8)19-12(24)10-6-3-7-25-10/h1-7H,(H,19,24)(H,20,22,23). The van der Waals surface area contributed by atoms with Crippen LogP contribution in [-0.2, 0) is 6.18 Å². The number of alkyl halides is 3. The molecule has 0 saturated carbocycles. The molecule has 2 N–H and O–H groups in total. The summed E-state index contributed by atoms with van der Waals surface area (Å²) >= 11 is 1.45. The van der Waals surface area contributed by atoms with Crippen LogP contribution in [0, 0.1) is 0 Å². The summed E-state index contributed by atoms with van der Waals surface area (Å²) in [6.07, 6.45) is -4.63. The zero-order chi connectivity index (χ0) is 18.7. The Morgan fingerprint density at radius 2 is 1.73 bits per heavy atom. The molecular formula is C15H9F3N4O2S2. The summed E-state index contributed by atoms with van der Waals surface area (Å²) in [5.41, 5.74) is 0.310. The van der Waals surface area contributed by atoms with E-state index in [1.165, 1.54) is 23.5 Å². The minimum Gasteiger partial charge on any atom is -0.321 e. The van der Waals surface area contributed by atoms with E-state index in [-0.39, 0.29) is 27.7 Å². The monoisotopic (exact) mass is 398 g/mol. The molecule has 0 unspecified atom stereocenters. The van der Waals surface area contributed by atoms with E-state index < -0.39 is 23.0 Å². The molecule has 3 aromatic rings. The molecule has 0 aliphatic rings.